The van der Waals surface area contributed by atoms with Crippen LogP contribution in [-0.4, -0.2) is 26.1 Å². The Bertz CT molecular complexity index is 712. The number of aromatic nitrogens is 3. The Morgan fingerprint density at radius 1 is 1.41 bits per heavy atom. The lowest BCUT2D eigenvalue weighted by Crippen LogP contribution is -2.42. The van der Waals surface area contributed by atoms with Gasteiger partial charge in [0.05, 0.1) is 11.7 Å². The van der Waals surface area contributed by atoms with Gasteiger partial charge in [-0.15, -0.1) is 0 Å². The van der Waals surface area contributed by atoms with Crippen molar-refractivity contribution in [1.82, 2.24) is 19.5 Å². The molecule has 3 rings (SSSR count). The molecule has 1 aliphatic rings. The van der Waals surface area contributed by atoms with Crippen molar-refractivity contribution < 1.29 is 4.79 Å². The first-order chi connectivity index (χ1) is 10.6. The van der Waals surface area contributed by atoms with Crippen LogP contribution in [-0.2, 0) is 11.3 Å². The summed E-state index contributed by atoms with van der Waals surface area (Å²) in [5, 5.41) is 7.08. The van der Waals surface area contributed by atoms with Gasteiger partial charge >= 0.3 is 5.69 Å². The van der Waals surface area contributed by atoms with E-state index in [1.165, 1.54) is 41.2 Å². The van der Waals surface area contributed by atoms with Gasteiger partial charge in [-0.05, 0) is 37.8 Å². The molecule has 22 heavy (non-hydrogen) atoms. The van der Waals surface area contributed by atoms with Crippen molar-refractivity contribution in [3.63, 3.8) is 0 Å². The third-order valence-electron chi connectivity index (χ3n) is 4.58. The van der Waals surface area contributed by atoms with Crippen molar-refractivity contribution in [3.8, 4) is 0 Å². The van der Waals surface area contributed by atoms with Crippen LogP contribution in [0.1, 0.15) is 39.0 Å². The third kappa shape index (κ3) is 3.05. The zero-order valence-corrected chi connectivity index (χ0v) is 12.9. The highest BCUT2D eigenvalue weighted by Crippen LogP contribution is 2.26. The molecule has 2 heterocycles. The largest absolute Gasteiger partial charge is 0.352 e. The standard InChI is InChI=1S/C16H22N4O2/c1-12(13-6-3-2-4-7-13)18-15(21)11-20-16(22)19-9-5-8-14(19)10-17-20/h5,8-10,12-13H,2-4,6-7,11H2,1H3,(H,18,21)/t12-/m0/s1. The second kappa shape index (κ2) is 6.34. The second-order valence-corrected chi connectivity index (χ2v) is 6.14. The van der Waals surface area contributed by atoms with Crippen LogP contribution in [0, 0.1) is 5.92 Å². The Labute approximate surface area is 129 Å². The molecule has 1 saturated carbocycles. The monoisotopic (exact) mass is 302 g/mol. The molecule has 0 unspecified atom stereocenters. The first-order valence-electron chi connectivity index (χ1n) is 7.98. The fourth-order valence-electron chi connectivity index (χ4n) is 3.27. The summed E-state index contributed by atoms with van der Waals surface area (Å²) in [6.45, 7) is 2.02. The van der Waals surface area contributed by atoms with Gasteiger partial charge < -0.3 is 5.32 Å². The summed E-state index contributed by atoms with van der Waals surface area (Å²) in [5.41, 5.74) is 0.445. The molecular weight excluding hydrogens is 280 g/mol. The zero-order valence-electron chi connectivity index (χ0n) is 12.9. The minimum absolute atomic E-state index is 0.0377. The predicted octanol–water partition coefficient (Wildman–Crippen LogP) is 1.58. The van der Waals surface area contributed by atoms with E-state index in [1.54, 1.807) is 18.5 Å². The van der Waals surface area contributed by atoms with Crippen LogP contribution in [0.2, 0.25) is 0 Å². The van der Waals surface area contributed by atoms with Crippen LogP contribution >= 0.6 is 0 Å². The molecule has 0 radical (unpaired) electrons. The number of rotatable bonds is 4. The minimum Gasteiger partial charge on any atom is -0.352 e. The molecule has 0 aromatic carbocycles. The van der Waals surface area contributed by atoms with Crippen molar-refractivity contribution >= 4 is 11.4 Å². The lowest BCUT2D eigenvalue weighted by Gasteiger charge is -2.28. The van der Waals surface area contributed by atoms with Crippen LogP contribution in [0.5, 0.6) is 0 Å². The molecule has 0 bridgehead atoms. The molecule has 1 aliphatic carbocycles. The minimum atomic E-state index is -0.289. The summed E-state index contributed by atoms with van der Waals surface area (Å²) in [7, 11) is 0. The number of carbonyl (C=O) groups excluding carboxylic acids is 1. The van der Waals surface area contributed by atoms with E-state index >= 15 is 0 Å². The molecular formula is C16H22N4O2. The van der Waals surface area contributed by atoms with Gasteiger partial charge in [-0.3, -0.25) is 9.20 Å². The average Bonchev–Trinajstić information content (AvgIpc) is 3.00. The van der Waals surface area contributed by atoms with Gasteiger partial charge in [0.25, 0.3) is 0 Å². The van der Waals surface area contributed by atoms with Crippen LogP contribution in [0.3, 0.4) is 0 Å². The van der Waals surface area contributed by atoms with Crippen LogP contribution in [0.15, 0.2) is 29.3 Å². The fraction of sp³-hybridized carbons (Fsp3) is 0.562. The van der Waals surface area contributed by atoms with Gasteiger partial charge in [0.2, 0.25) is 5.91 Å². The SMILES string of the molecule is C[C@H](NC(=O)Cn1ncc2cccn2c1=O)C1CCCCC1. The highest BCUT2D eigenvalue weighted by atomic mass is 16.2. The topological polar surface area (TPSA) is 68.4 Å². The molecule has 1 atom stereocenters. The Morgan fingerprint density at radius 2 is 2.18 bits per heavy atom. The van der Waals surface area contributed by atoms with Crippen molar-refractivity contribution in [3.05, 3.63) is 35.0 Å². The number of hydrogen-bond donors (Lipinski definition) is 1. The normalized spacial score (nSPS) is 17.5. The van der Waals surface area contributed by atoms with Gasteiger partial charge in [0.1, 0.15) is 6.54 Å². The van der Waals surface area contributed by atoms with Crippen LogP contribution < -0.4 is 11.0 Å². The van der Waals surface area contributed by atoms with Crippen molar-refractivity contribution in [2.24, 2.45) is 5.92 Å². The second-order valence-electron chi connectivity index (χ2n) is 6.14. The summed E-state index contributed by atoms with van der Waals surface area (Å²) in [5.74, 6) is 0.397. The fourth-order valence-corrected chi connectivity index (χ4v) is 3.27. The Balaban J connectivity index is 1.65. The van der Waals surface area contributed by atoms with Gasteiger partial charge in [0.15, 0.2) is 0 Å². The molecule has 1 fully saturated rings. The third-order valence-corrected chi connectivity index (χ3v) is 4.58. The lowest BCUT2D eigenvalue weighted by molar-refractivity contribution is -0.123. The summed E-state index contributed by atoms with van der Waals surface area (Å²) >= 11 is 0. The first-order valence-corrected chi connectivity index (χ1v) is 7.98. The quantitative estimate of drug-likeness (QED) is 0.932. The Hall–Kier alpha value is -2.11. The van der Waals surface area contributed by atoms with Crippen LogP contribution in [0.25, 0.3) is 5.52 Å². The Kier molecular flexibility index (Phi) is 4.27. The smallest absolute Gasteiger partial charge is 0.349 e. The highest BCUT2D eigenvalue weighted by Gasteiger charge is 2.21. The summed E-state index contributed by atoms with van der Waals surface area (Å²) < 4.78 is 2.70. The predicted molar refractivity (Wildman–Crippen MR) is 83.6 cm³/mol. The molecule has 1 amide bonds. The Morgan fingerprint density at radius 3 is 2.95 bits per heavy atom. The maximum Gasteiger partial charge on any atom is 0.349 e. The summed E-state index contributed by atoms with van der Waals surface area (Å²) in [6, 6.07) is 3.75. The van der Waals surface area contributed by atoms with Gasteiger partial charge in [-0.2, -0.15) is 5.10 Å². The molecule has 6 nitrogen and oxygen atoms in total. The first kappa shape index (κ1) is 14.8. The molecule has 0 spiro atoms. The van der Waals surface area contributed by atoms with E-state index in [1.807, 2.05) is 6.07 Å². The van der Waals surface area contributed by atoms with E-state index < -0.39 is 0 Å². The summed E-state index contributed by atoms with van der Waals surface area (Å²) in [4.78, 5) is 24.4. The number of hydrogen-bond acceptors (Lipinski definition) is 3. The number of fused-ring (bicyclic) bond motifs is 1. The lowest BCUT2D eigenvalue weighted by atomic mass is 9.84. The van der Waals surface area contributed by atoms with E-state index in [-0.39, 0.29) is 24.2 Å². The molecule has 2 aromatic rings. The number of amides is 1. The molecule has 0 aliphatic heterocycles. The van der Waals surface area contributed by atoms with Gasteiger partial charge in [-0.1, -0.05) is 19.3 Å². The molecule has 0 saturated heterocycles. The maximum absolute atomic E-state index is 12.2. The maximum atomic E-state index is 12.2. The van der Waals surface area contributed by atoms with Crippen molar-refractivity contribution in [2.75, 3.05) is 0 Å². The number of nitrogens with one attached hydrogen (secondary N) is 1. The van der Waals surface area contributed by atoms with Crippen LogP contribution in [0.4, 0.5) is 0 Å². The number of carbonyl (C=O) groups is 1. The van der Waals surface area contributed by atoms with Crippen molar-refractivity contribution in [2.45, 2.75) is 51.6 Å². The van der Waals surface area contributed by atoms with E-state index in [9.17, 15) is 9.59 Å². The molecule has 6 heteroatoms. The molecule has 118 valence electrons. The van der Waals surface area contributed by atoms with E-state index in [2.05, 4.69) is 17.3 Å². The van der Waals surface area contributed by atoms with E-state index in [0.29, 0.717) is 5.92 Å². The summed E-state index contributed by atoms with van der Waals surface area (Å²) in [6.07, 6.45) is 9.42. The highest BCUT2D eigenvalue weighted by molar-refractivity contribution is 5.75. The van der Waals surface area contributed by atoms with Crippen molar-refractivity contribution in [1.29, 1.82) is 0 Å². The zero-order chi connectivity index (χ0) is 15.5. The van der Waals surface area contributed by atoms with Gasteiger partial charge in [0, 0.05) is 12.2 Å². The van der Waals surface area contributed by atoms with Gasteiger partial charge in [-0.25, -0.2) is 9.48 Å². The molecule has 2 aromatic heterocycles. The molecule has 1 N–H and O–H groups in total. The average molecular weight is 302 g/mol. The number of nitrogens with zero attached hydrogens (tertiary/aromatic N) is 3. The van der Waals surface area contributed by atoms with E-state index in [0.717, 1.165) is 5.52 Å². The van der Waals surface area contributed by atoms with E-state index in [4.69, 9.17) is 0 Å².